The minimum atomic E-state index is -0.0689. The van der Waals surface area contributed by atoms with Gasteiger partial charge in [-0.1, -0.05) is 31.4 Å². The highest BCUT2D eigenvalue weighted by molar-refractivity contribution is 6.33. The number of anilines is 2. The van der Waals surface area contributed by atoms with Crippen molar-refractivity contribution in [1.29, 1.82) is 0 Å². The number of nitrogens with two attached hydrogens (primary N) is 1. The minimum absolute atomic E-state index is 0.0689. The van der Waals surface area contributed by atoms with Crippen LogP contribution in [0.25, 0.3) is 0 Å². The number of benzene rings is 1. The van der Waals surface area contributed by atoms with E-state index in [2.05, 4.69) is 12.2 Å². The van der Waals surface area contributed by atoms with Gasteiger partial charge in [0.25, 0.3) is 0 Å². The summed E-state index contributed by atoms with van der Waals surface area (Å²) in [5, 5.41) is 3.29. The zero-order valence-corrected chi connectivity index (χ0v) is 13.2. The van der Waals surface area contributed by atoms with E-state index >= 15 is 0 Å². The molecule has 1 fully saturated rings. The summed E-state index contributed by atoms with van der Waals surface area (Å²) in [5.74, 6) is 0.662. The van der Waals surface area contributed by atoms with E-state index in [0.29, 0.717) is 35.5 Å². The molecule has 0 spiro atoms. The van der Waals surface area contributed by atoms with E-state index in [9.17, 15) is 4.79 Å². The van der Waals surface area contributed by atoms with Crippen LogP contribution in [0.5, 0.6) is 0 Å². The van der Waals surface area contributed by atoms with Crippen molar-refractivity contribution < 1.29 is 9.53 Å². The molecule has 5 heteroatoms. The first-order valence-corrected chi connectivity index (χ1v) is 7.89. The average molecular weight is 311 g/mol. The van der Waals surface area contributed by atoms with Crippen LogP contribution in [-0.2, 0) is 9.53 Å². The molecule has 1 aromatic rings. The molecule has 0 heterocycles. The molecule has 2 rings (SSSR count). The quantitative estimate of drug-likeness (QED) is 0.812. The summed E-state index contributed by atoms with van der Waals surface area (Å²) in [6.07, 6.45) is 5.40. The molecule has 116 valence electrons. The van der Waals surface area contributed by atoms with Gasteiger partial charge in [0.05, 0.1) is 29.8 Å². The zero-order chi connectivity index (χ0) is 15.2. The number of amides is 1. The molecule has 3 N–H and O–H groups in total. The van der Waals surface area contributed by atoms with E-state index in [4.69, 9.17) is 22.1 Å². The lowest BCUT2D eigenvalue weighted by molar-refractivity contribution is -0.117. The van der Waals surface area contributed by atoms with Gasteiger partial charge in [-0.05, 0) is 37.0 Å². The highest BCUT2D eigenvalue weighted by Crippen LogP contribution is 2.26. The number of ether oxygens (including phenoxy) is 1. The lowest BCUT2D eigenvalue weighted by atomic mass is 9.89. The van der Waals surface area contributed by atoms with Crippen molar-refractivity contribution in [1.82, 2.24) is 0 Å². The van der Waals surface area contributed by atoms with E-state index in [-0.39, 0.29) is 5.91 Å². The van der Waals surface area contributed by atoms with Gasteiger partial charge < -0.3 is 15.8 Å². The summed E-state index contributed by atoms with van der Waals surface area (Å²) in [7, 11) is 0. The number of carbonyl (C=O) groups is 1. The molecule has 0 radical (unpaired) electrons. The third-order valence-corrected chi connectivity index (χ3v) is 4.19. The van der Waals surface area contributed by atoms with E-state index in [0.717, 1.165) is 18.8 Å². The Morgan fingerprint density at radius 2 is 2.29 bits per heavy atom. The van der Waals surface area contributed by atoms with Crippen LogP contribution in [0.2, 0.25) is 5.02 Å². The fraction of sp³-hybridized carbons (Fsp3) is 0.562. The molecule has 2 atom stereocenters. The van der Waals surface area contributed by atoms with Crippen LogP contribution in [0, 0.1) is 5.92 Å². The first-order chi connectivity index (χ1) is 10.0. The second-order valence-electron chi connectivity index (χ2n) is 5.80. The first kappa shape index (κ1) is 16.1. The molecule has 2 unspecified atom stereocenters. The summed E-state index contributed by atoms with van der Waals surface area (Å²) in [6.45, 7) is 2.72. The lowest BCUT2D eigenvalue weighted by Gasteiger charge is -2.26. The molecule has 4 nitrogen and oxygen atoms in total. The van der Waals surface area contributed by atoms with Gasteiger partial charge in [0.2, 0.25) is 5.91 Å². The molecular weight excluding hydrogens is 288 g/mol. The SMILES string of the molecule is CC1CCCC(OCCC(=O)Nc2ccc(Cl)c(N)c2)C1. The average Bonchev–Trinajstić information content (AvgIpc) is 2.43. The molecule has 0 bridgehead atoms. The van der Waals surface area contributed by atoms with Gasteiger partial charge in [0, 0.05) is 5.69 Å². The van der Waals surface area contributed by atoms with E-state index in [1.54, 1.807) is 18.2 Å². The van der Waals surface area contributed by atoms with Crippen molar-refractivity contribution in [3.63, 3.8) is 0 Å². The third kappa shape index (κ3) is 5.21. The van der Waals surface area contributed by atoms with Crippen LogP contribution in [0.3, 0.4) is 0 Å². The molecule has 1 aliphatic carbocycles. The second-order valence-corrected chi connectivity index (χ2v) is 6.21. The highest BCUT2D eigenvalue weighted by Gasteiger charge is 2.19. The van der Waals surface area contributed by atoms with E-state index in [1.165, 1.54) is 12.8 Å². The summed E-state index contributed by atoms with van der Waals surface area (Å²) < 4.78 is 5.80. The number of nitrogen functional groups attached to an aromatic ring is 1. The van der Waals surface area contributed by atoms with Gasteiger partial charge in [-0.15, -0.1) is 0 Å². The Morgan fingerprint density at radius 3 is 3.00 bits per heavy atom. The first-order valence-electron chi connectivity index (χ1n) is 7.51. The van der Waals surface area contributed by atoms with Gasteiger partial charge in [-0.2, -0.15) is 0 Å². The van der Waals surface area contributed by atoms with Crippen LogP contribution in [0.4, 0.5) is 11.4 Å². The number of hydrogen-bond acceptors (Lipinski definition) is 3. The molecule has 1 saturated carbocycles. The van der Waals surface area contributed by atoms with Crippen molar-refractivity contribution in [3.05, 3.63) is 23.2 Å². The lowest BCUT2D eigenvalue weighted by Crippen LogP contribution is -2.23. The molecule has 0 aliphatic heterocycles. The monoisotopic (exact) mass is 310 g/mol. The van der Waals surface area contributed by atoms with Crippen molar-refractivity contribution >= 4 is 28.9 Å². The van der Waals surface area contributed by atoms with Crippen molar-refractivity contribution in [3.8, 4) is 0 Å². The number of rotatable bonds is 5. The third-order valence-electron chi connectivity index (χ3n) is 3.85. The van der Waals surface area contributed by atoms with Gasteiger partial charge in [-0.25, -0.2) is 0 Å². The maximum Gasteiger partial charge on any atom is 0.226 e. The Morgan fingerprint density at radius 1 is 1.48 bits per heavy atom. The fourth-order valence-electron chi connectivity index (χ4n) is 2.69. The Kier molecular flexibility index (Phi) is 5.88. The standard InChI is InChI=1S/C16H23ClN2O2/c1-11-3-2-4-13(9-11)21-8-7-16(20)19-12-5-6-14(17)15(18)10-12/h5-6,10-11,13H,2-4,7-9,18H2,1H3,(H,19,20). The van der Waals surface area contributed by atoms with Gasteiger partial charge in [0.15, 0.2) is 0 Å². The molecule has 1 aliphatic rings. The Balaban J connectivity index is 1.70. The summed E-state index contributed by atoms with van der Waals surface area (Å²) in [4.78, 5) is 11.8. The zero-order valence-electron chi connectivity index (χ0n) is 12.4. The number of halogens is 1. The predicted octanol–water partition coefficient (Wildman–Crippen LogP) is 3.85. The summed E-state index contributed by atoms with van der Waals surface area (Å²) in [6, 6.07) is 5.07. The molecule has 0 aromatic heterocycles. The van der Waals surface area contributed by atoms with E-state index in [1.807, 2.05) is 0 Å². The predicted molar refractivity (Wildman–Crippen MR) is 86.5 cm³/mol. The highest BCUT2D eigenvalue weighted by atomic mass is 35.5. The Bertz CT molecular complexity index is 493. The van der Waals surface area contributed by atoms with Crippen LogP contribution in [-0.4, -0.2) is 18.6 Å². The van der Waals surface area contributed by atoms with Crippen LogP contribution in [0.1, 0.15) is 39.0 Å². The van der Waals surface area contributed by atoms with Crippen LogP contribution >= 0.6 is 11.6 Å². The van der Waals surface area contributed by atoms with Crippen molar-refractivity contribution in [2.45, 2.75) is 45.1 Å². The normalized spacial score (nSPS) is 22.0. The van der Waals surface area contributed by atoms with Crippen molar-refractivity contribution in [2.24, 2.45) is 5.92 Å². The number of hydrogen-bond donors (Lipinski definition) is 2. The van der Waals surface area contributed by atoms with Crippen LogP contribution in [0.15, 0.2) is 18.2 Å². The largest absolute Gasteiger partial charge is 0.397 e. The van der Waals surface area contributed by atoms with Gasteiger partial charge in [0.1, 0.15) is 0 Å². The fourth-order valence-corrected chi connectivity index (χ4v) is 2.81. The van der Waals surface area contributed by atoms with Crippen molar-refractivity contribution in [2.75, 3.05) is 17.7 Å². The van der Waals surface area contributed by atoms with E-state index < -0.39 is 0 Å². The summed E-state index contributed by atoms with van der Waals surface area (Å²) in [5.41, 5.74) is 6.82. The maximum atomic E-state index is 11.8. The second kappa shape index (κ2) is 7.66. The molecule has 0 saturated heterocycles. The smallest absolute Gasteiger partial charge is 0.226 e. The Labute approximate surface area is 131 Å². The number of carbonyl (C=O) groups excluding carboxylic acids is 1. The van der Waals surface area contributed by atoms with Gasteiger partial charge >= 0.3 is 0 Å². The molecule has 1 amide bonds. The maximum absolute atomic E-state index is 11.8. The summed E-state index contributed by atoms with van der Waals surface area (Å²) >= 11 is 5.84. The van der Waals surface area contributed by atoms with Gasteiger partial charge in [-0.3, -0.25) is 4.79 Å². The molecular formula is C16H23ClN2O2. The number of nitrogens with one attached hydrogen (secondary N) is 1. The molecule has 21 heavy (non-hydrogen) atoms. The Hall–Kier alpha value is -1.26. The molecule has 1 aromatic carbocycles. The topological polar surface area (TPSA) is 64.3 Å². The van der Waals surface area contributed by atoms with Crippen LogP contribution < -0.4 is 11.1 Å². The minimum Gasteiger partial charge on any atom is -0.397 e.